The van der Waals surface area contributed by atoms with Crippen LogP contribution >= 0.6 is 0 Å². The number of carbonyl (C=O) groups excluding carboxylic acids is 2. The normalized spacial score (nSPS) is 13.7. The lowest BCUT2D eigenvalue weighted by Crippen LogP contribution is -2.32. The fourth-order valence-electron chi connectivity index (χ4n) is 3.35. The van der Waals surface area contributed by atoms with Crippen molar-refractivity contribution >= 4 is 29.2 Å². The molecule has 0 aliphatic carbocycles. The van der Waals surface area contributed by atoms with E-state index in [0.29, 0.717) is 31.5 Å². The zero-order valence-corrected chi connectivity index (χ0v) is 16.1. The van der Waals surface area contributed by atoms with E-state index in [2.05, 4.69) is 4.74 Å². The van der Waals surface area contributed by atoms with Crippen molar-refractivity contribution in [1.82, 2.24) is 0 Å². The Morgan fingerprint density at radius 1 is 1.14 bits per heavy atom. The van der Waals surface area contributed by atoms with Crippen LogP contribution < -0.4 is 15.5 Å². The zero-order valence-electron chi connectivity index (χ0n) is 16.1. The predicted octanol–water partition coefficient (Wildman–Crippen LogP) is 2.83. The predicted molar refractivity (Wildman–Crippen MR) is 109 cm³/mol. The molecule has 28 heavy (non-hydrogen) atoms. The Bertz CT molecular complexity index is 908. The van der Waals surface area contributed by atoms with Gasteiger partial charge in [0.1, 0.15) is 5.84 Å². The number of esters is 1. The highest BCUT2D eigenvalue weighted by Crippen LogP contribution is 2.28. The smallest absolute Gasteiger partial charge is 0.329 e. The number of amides is 2. The number of methoxy groups -OCH3 is 1. The fraction of sp³-hybridized carbons (Fsp3) is 0.286. The van der Waals surface area contributed by atoms with Crippen molar-refractivity contribution < 1.29 is 14.3 Å². The van der Waals surface area contributed by atoms with Crippen molar-refractivity contribution in [3.05, 3.63) is 59.2 Å². The van der Waals surface area contributed by atoms with Crippen molar-refractivity contribution in [2.45, 2.75) is 19.8 Å². The number of aryl methyl sites for hydroxylation is 2. The van der Waals surface area contributed by atoms with Gasteiger partial charge in [-0.25, -0.2) is 4.79 Å². The van der Waals surface area contributed by atoms with Crippen LogP contribution in [0.25, 0.3) is 0 Å². The molecule has 146 valence electrons. The molecular weight excluding hydrogens is 356 g/mol. The Morgan fingerprint density at radius 3 is 2.43 bits per heavy atom. The van der Waals surface area contributed by atoms with Gasteiger partial charge in [-0.05, 0) is 54.8 Å². The van der Waals surface area contributed by atoms with Gasteiger partial charge >= 0.3 is 12.0 Å². The minimum absolute atomic E-state index is 0.00355. The molecule has 1 aliphatic rings. The topological polar surface area (TPSA) is 99.7 Å². The lowest BCUT2D eigenvalue weighted by molar-refractivity contribution is -0.140. The van der Waals surface area contributed by atoms with E-state index in [4.69, 9.17) is 11.1 Å². The molecule has 1 aliphatic heterocycles. The van der Waals surface area contributed by atoms with Crippen LogP contribution in [-0.4, -0.2) is 38.0 Å². The molecule has 0 bridgehead atoms. The number of anilines is 2. The maximum atomic E-state index is 12.9. The van der Waals surface area contributed by atoms with Gasteiger partial charge in [-0.2, -0.15) is 0 Å². The summed E-state index contributed by atoms with van der Waals surface area (Å²) in [6, 6.07) is 12.9. The molecule has 0 atom stereocenters. The van der Waals surface area contributed by atoms with Crippen LogP contribution in [0.2, 0.25) is 0 Å². The Morgan fingerprint density at radius 2 is 1.82 bits per heavy atom. The Balaban J connectivity index is 1.73. The molecule has 0 unspecified atom stereocenters. The van der Waals surface area contributed by atoms with Gasteiger partial charge < -0.3 is 10.5 Å². The number of amidine groups is 1. The molecule has 1 fully saturated rings. The molecule has 0 aromatic heterocycles. The minimum atomic E-state index is -0.233. The van der Waals surface area contributed by atoms with Gasteiger partial charge in [0.05, 0.1) is 7.11 Å². The third-order valence-electron chi connectivity index (χ3n) is 4.90. The number of nitrogens with zero attached hydrogens (tertiary/aromatic N) is 2. The van der Waals surface area contributed by atoms with E-state index >= 15 is 0 Å². The van der Waals surface area contributed by atoms with Crippen molar-refractivity contribution in [2.75, 3.05) is 30.0 Å². The number of nitrogens with two attached hydrogens (primary N) is 1. The number of rotatable bonds is 6. The number of benzene rings is 2. The molecule has 3 N–H and O–H groups in total. The third kappa shape index (κ3) is 3.98. The molecule has 2 amide bonds. The number of hydrogen-bond acceptors (Lipinski definition) is 4. The molecule has 0 spiro atoms. The highest BCUT2D eigenvalue weighted by molar-refractivity contribution is 6.06. The van der Waals surface area contributed by atoms with E-state index < -0.39 is 0 Å². The Kier molecular flexibility index (Phi) is 5.63. The van der Waals surface area contributed by atoms with Gasteiger partial charge in [0, 0.05) is 36.4 Å². The van der Waals surface area contributed by atoms with Gasteiger partial charge in [-0.15, -0.1) is 0 Å². The standard InChI is InChI=1S/C21H24N4O3/c1-14-13-15(4-10-19(26)28-2)3-9-18(14)25-12-11-24(21(25)27)17-7-5-16(6-8-17)20(22)23/h3,5-9,13H,4,10-12H2,1-2H3,(H3,22,23). The summed E-state index contributed by atoms with van der Waals surface area (Å²) in [5.41, 5.74) is 9.80. The van der Waals surface area contributed by atoms with E-state index in [1.54, 1.807) is 34.1 Å². The van der Waals surface area contributed by atoms with Crippen LogP contribution in [0.1, 0.15) is 23.1 Å². The van der Waals surface area contributed by atoms with Gasteiger partial charge in [-0.3, -0.25) is 20.0 Å². The molecule has 2 aromatic rings. The SMILES string of the molecule is COC(=O)CCc1ccc(N2CCN(c3ccc(C(=N)N)cc3)C2=O)c(C)c1. The first-order chi connectivity index (χ1) is 13.4. The molecule has 1 heterocycles. The average Bonchev–Trinajstić information content (AvgIpc) is 3.07. The summed E-state index contributed by atoms with van der Waals surface area (Å²) >= 11 is 0. The summed E-state index contributed by atoms with van der Waals surface area (Å²) in [5, 5.41) is 7.47. The van der Waals surface area contributed by atoms with Crippen molar-refractivity contribution in [3.63, 3.8) is 0 Å². The summed E-state index contributed by atoms with van der Waals surface area (Å²) in [4.78, 5) is 27.7. The van der Waals surface area contributed by atoms with Crippen LogP contribution in [0.5, 0.6) is 0 Å². The molecule has 0 radical (unpaired) electrons. The first-order valence-corrected chi connectivity index (χ1v) is 9.10. The molecule has 2 aromatic carbocycles. The van der Waals surface area contributed by atoms with Gasteiger partial charge in [-0.1, -0.05) is 12.1 Å². The summed E-state index contributed by atoms with van der Waals surface area (Å²) in [6.45, 7) is 3.14. The van der Waals surface area contributed by atoms with Gasteiger partial charge in [0.15, 0.2) is 0 Å². The number of nitrogens with one attached hydrogen (secondary N) is 1. The first kappa shape index (κ1) is 19.4. The summed E-state index contributed by atoms with van der Waals surface area (Å²) in [7, 11) is 1.38. The number of nitrogen functional groups attached to an aromatic ring is 1. The number of urea groups is 1. The van der Waals surface area contributed by atoms with Crippen LogP contribution in [0.15, 0.2) is 42.5 Å². The summed E-state index contributed by atoms with van der Waals surface area (Å²) in [5.74, 6) is -0.230. The van der Waals surface area contributed by atoms with E-state index in [1.165, 1.54) is 7.11 Å². The van der Waals surface area contributed by atoms with Crippen molar-refractivity contribution in [3.8, 4) is 0 Å². The molecule has 0 saturated carbocycles. The van der Waals surface area contributed by atoms with Crippen LogP contribution in [0.4, 0.5) is 16.2 Å². The minimum Gasteiger partial charge on any atom is -0.469 e. The second-order valence-electron chi connectivity index (χ2n) is 6.74. The quantitative estimate of drug-likeness (QED) is 0.457. The molecule has 7 heteroatoms. The van der Waals surface area contributed by atoms with Crippen LogP contribution in [-0.2, 0) is 16.0 Å². The summed E-state index contributed by atoms with van der Waals surface area (Å²) < 4.78 is 4.68. The zero-order chi connectivity index (χ0) is 20.3. The molecule has 7 nitrogen and oxygen atoms in total. The van der Waals surface area contributed by atoms with Crippen LogP contribution in [0.3, 0.4) is 0 Å². The maximum Gasteiger partial charge on any atom is 0.329 e. The third-order valence-corrected chi connectivity index (χ3v) is 4.90. The lowest BCUT2D eigenvalue weighted by atomic mass is 10.0. The Hall–Kier alpha value is -3.35. The summed E-state index contributed by atoms with van der Waals surface area (Å²) in [6.07, 6.45) is 0.943. The number of hydrogen-bond donors (Lipinski definition) is 2. The van der Waals surface area contributed by atoms with Gasteiger partial charge in [0.2, 0.25) is 0 Å². The highest BCUT2D eigenvalue weighted by atomic mass is 16.5. The van der Waals surface area contributed by atoms with E-state index in [1.807, 2.05) is 25.1 Å². The highest BCUT2D eigenvalue weighted by Gasteiger charge is 2.31. The maximum absolute atomic E-state index is 12.9. The van der Waals surface area contributed by atoms with Gasteiger partial charge in [0.25, 0.3) is 0 Å². The van der Waals surface area contributed by atoms with E-state index in [0.717, 1.165) is 22.5 Å². The van der Waals surface area contributed by atoms with Crippen molar-refractivity contribution in [2.24, 2.45) is 5.73 Å². The number of carbonyl (C=O) groups is 2. The molecule has 3 rings (SSSR count). The number of ether oxygens (including phenoxy) is 1. The molecule has 1 saturated heterocycles. The van der Waals surface area contributed by atoms with Crippen LogP contribution in [0, 0.1) is 12.3 Å². The fourth-order valence-corrected chi connectivity index (χ4v) is 3.35. The largest absolute Gasteiger partial charge is 0.469 e. The van der Waals surface area contributed by atoms with E-state index in [-0.39, 0.29) is 17.8 Å². The lowest BCUT2D eigenvalue weighted by Gasteiger charge is -2.21. The monoisotopic (exact) mass is 380 g/mol. The second kappa shape index (κ2) is 8.12. The second-order valence-corrected chi connectivity index (χ2v) is 6.74. The average molecular weight is 380 g/mol. The van der Waals surface area contributed by atoms with E-state index in [9.17, 15) is 9.59 Å². The molecular formula is C21H24N4O3. The first-order valence-electron chi connectivity index (χ1n) is 9.10. The van der Waals surface area contributed by atoms with Crippen molar-refractivity contribution in [1.29, 1.82) is 5.41 Å². The Labute approximate surface area is 164 Å².